The molecule has 0 aliphatic rings. The van der Waals surface area contributed by atoms with Gasteiger partial charge in [0.2, 0.25) is 0 Å². The molecular weight excluding hydrogens is 422 g/mol. The Morgan fingerprint density at radius 3 is 2.78 bits per heavy atom. The average molecular weight is 438 g/mol. The van der Waals surface area contributed by atoms with E-state index in [2.05, 4.69) is 26.5 Å². The molecule has 2 N–H and O–H groups in total. The van der Waals surface area contributed by atoms with E-state index in [1.807, 2.05) is 0 Å². The molecule has 0 spiro atoms. The maximum absolute atomic E-state index is 11.8. The smallest absolute Gasteiger partial charge is 0.310 e. The second kappa shape index (κ2) is 9.53. The lowest BCUT2D eigenvalue weighted by molar-refractivity contribution is -0.385. The van der Waals surface area contributed by atoms with Crippen molar-refractivity contribution in [2.45, 2.75) is 6.92 Å². The highest BCUT2D eigenvalue weighted by Gasteiger charge is 2.14. The maximum Gasteiger partial charge on any atom is 0.310 e. The molecule has 0 aliphatic heterocycles. The molecule has 0 fully saturated rings. The first-order valence-electron chi connectivity index (χ1n) is 7.75. The topological polar surface area (TPSA) is 123 Å². The number of para-hydroxylation sites is 2. The van der Waals surface area contributed by atoms with Gasteiger partial charge in [0.05, 0.1) is 17.7 Å². The van der Waals surface area contributed by atoms with E-state index < -0.39 is 17.4 Å². The van der Waals surface area contributed by atoms with Crippen molar-refractivity contribution in [2.75, 3.05) is 13.2 Å². The third kappa shape index (κ3) is 5.68. The van der Waals surface area contributed by atoms with Crippen molar-refractivity contribution in [1.82, 2.24) is 5.43 Å². The summed E-state index contributed by atoms with van der Waals surface area (Å²) in [6.07, 6.45) is 1.24. The quantitative estimate of drug-likeness (QED) is 0.371. The van der Waals surface area contributed by atoms with Gasteiger partial charge in [0, 0.05) is 16.1 Å². The third-order valence-electron chi connectivity index (χ3n) is 3.18. The summed E-state index contributed by atoms with van der Waals surface area (Å²) < 4.78 is 11.1. The number of hydrogen-bond donors (Lipinski definition) is 2. The van der Waals surface area contributed by atoms with Gasteiger partial charge in [0.25, 0.3) is 5.91 Å². The number of halogens is 1. The molecule has 9 nitrogen and oxygen atoms in total. The Morgan fingerprint density at radius 1 is 1.33 bits per heavy atom. The number of aromatic hydroxyl groups is 1. The number of carbonyl (C=O) groups excluding carboxylic acids is 1. The summed E-state index contributed by atoms with van der Waals surface area (Å²) in [4.78, 5) is 22.1. The minimum absolute atomic E-state index is 0.0207. The van der Waals surface area contributed by atoms with Gasteiger partial charge in [-0.15, -0.1) is 0 Å². The first-order valence-corrected chi connectivity index (χ1v) is 8.55. The van der Waals surface area contributed by atoms with Gasteiger partial charge in [-0.25, -0.2) is 5.43 Å². The Bertz CT molecular complexity index is 872. The van der Waals surface area contributed by atoms with E-state index in [1.54, 1.807) is 25.1 Å². The predicted octanol–water partition coefficient (Wildman–Crippen LogP) is 2.99. The number of rotatable bonds is 8. The monoisotopic (exact) mass is 437 g/mol. The molecule has 10 heteroatoms. The van der Waals surface area contributed by atoms with Gasteiger partial charge in [0.1, 0.15) is 0 Å². The lowest BCUT2D eigenvalue weighted by Gasteiger charge is -2.08. The second-order valence-electron chi connectivity index (χ2n) is 5.08. The number of hydrazone groups is 1. The Balaban J connectivity index is 1.97. The van der Waals surface area contributed by atoms with E-state index in [0.717, 1.165) is 0 Å². The van der Waals surface area contributed by atoms with Crippen molar-refractivity contribution in [3.05, 3.63) is 56.5 Å². The highest BCUT2D eigenvalue weighted by molar-refractivity contribution is 9.10. The first-order chi connectivity index (χ1) is 12.9. The number of nitro benzene ring substituents is 1. The first kappa shape index (κ1) is 20.2. The van der Waals surface area contributed by atoms with Crippen LogP contribution in [-0.4, -0.2) is 35.4 Å². The molecule has 142 valence electrons. The summed E-state index contributed by atoms with van der Waals surface area (Å²) in [5.74, 6) is -0.481. The molecule has 0 bridgehead atoms. The van der Waals surface area contributed by atoms with Crippen LogP contribution in [0.25, 0.3) is 0 Å². The fourth-order valence-electron chi connectivity index (χ4n) is 2.04. The van der Waals surface area contributed by atoms with E-state index in [4.69, 9.17) is 9.47 Å². The molecule has 0 atom stereocenters. The molecule has 0 saturated carbocycles. The van der Waals surface area contributed by atoms with Crippen LogP contribution >= 0.6 is 15.9 Å². The number of amides is 1. The fraction of sp³-hybridized carbons (Fsp3) is 0.176. The van der Waals surface area contributed by atoms with Crippen molar-refractivity contribution in [2.24, 2.45) is 5.10 Å². The maximum atomic E-state index is 11.8. The van der Waals surface area contributed by atoms with E-state index in [0.29, 0.717) is 16.6 Å². The minimum atomic E-state index is -0.621. The summed E-state index contributed by atoms with van der Waals surface area (Å²) in [6, 6.07) is 8.92. The van der Waals surface area contributed by atoms with Crippen molar-refractivity contribution in [3.8, 4) is 17.2 Å². The third-order valence-corrected chi connectivity index (χ3v) is 3.64. The van der Waals surface area contributed by atoms with Crippen molar-refractivity contribution < 1.29 is 24.3 Å². The van der Waals surface area contributed by atoms with Crippen LogP contribution in [0.1, 0.15) is 12.5 Å². The minimum Gasteiger partial charge on any atom is -0.504 e. The van der Waals surface area contributed by atoms with E-state index in [9.17, 15) is 20.0 Å². The zero-order valence-electron chi connectivity index (χ0n) is 14.2. The van der Waals surface area contributed by atoms with Gasteiger partial charge >= 0.3 is 5.69 Å². The van der Waals surface area contributed by atoms with Crippen molar-refractivity contribution in [3.63, 3.8) is 0 Å². The number of carbonyl (C=O) groups is 1. The van der Waals surface area contributed by atoms with Crippen LogP contribution in [0.3, 0.4) is 0 Å². The molecule has 2 aromatic carbocycles. The van der Waals surface area contributed by atoms with Crippen molar-refractivity contribution >= 4 is 33.7 Å². The molecule has 27 heavy (non-hydrogen) atoms. The molecule has 0 aliphatic carbocycles. The molecule has 0 radical (unpaired) electrons. The van der Waals surface area contributed by atoms with Crippen LogP contribution in [-0.2, 0) is 4.79 Å². The molecule has 0 saturated heterocycles. The highest BCUT2D eigenvalue weighted by atomic mass is 79.9. The zero-order valence-corrected chi connectivity index (χ0v) is 15.8. The molecule has 0 heterocycles. The predicted molar refractivity (Wildman–Crippen MR) is 101 cm³/mol. The number of nitrogens with zero attached hydrogens (tertiary/aromatic N) is 2. The molecular formula is C17H16BrN3O6. The number of phenolic OH excluding ortho intramolecular Hbond substituents is 1. The Kier molecular flexibility index (Phi) is 7.12. The SMILES string of the molecule is CCOc1cc(Br)cc(/C=N\NC(=O)COc2ccccc2[N+](=O)[O-])c1O. The molecule has 2 aromatic rings. The number of ether oxygens (including phenoxy) is 2. The van der Waals surface area contributed by atoms with Gasteiger partial charge in [-0.2, -0.15) is 5.10 Å². The lowest BCUT2D eigenvalue weighted by Crippen LogP contribution is -2.24. The number of hydrogen-bond acceptors (Lipinski definition) is 7. The van der Waals surface area contributed by atoms with Crippen LogP contribution in [0.5, 0.6) is 17.2 Å². The van der Waals surface area contributed by atoms with E-state index >= 15 is 0 Å². The van der Waals surface area contributed by atoms with Crippen LogP contribution in [0, 0.1) is 10.1 Å². The second-order valence-corrected chi connectivity index (χ2v) is 6.00. The molecule has 1 amide bonds. The number of benzene rings is 2. The molecule has 0 aromatic heterocycles. The lowest BCUT2D eigenvalue weighted by atomic mass is 10.2. The normalized spacial score (nSPS) is 10.6. The van der Waals surface area contributed by atoms with Crippen LogP contribution in [0.4, 0.5) is 5.69 Å². The number of nitrogens with one attached hydrogen (secondary N) is 1. The van der Waals surface area contributed by atoms with Crippen LogP contribution in [0.2, 0.25) is 0 Å². The highest BCUT2D eigenvalue weighted by Crippen LogP contribution is 2.32. The fourth-order valence-corrected chi connectivity index (χ4v) is 2.49. The summed E-state index contributed by atoms with van der Waals surface area (Å²) in [7, 11) is 0. The summed E-state index contributed by atoms with van der Waals surface area (Å²) in [5, 5.41) is 24.7. The summed E-state index contributed by atoms with van der Waals surface area (Å²) in [5.41, 5.74) is 2.30. The van der Waals surface area contributed by atoms with Gasteiger partial charge in [-0.1, -0.05) is 28.1 Å². The summed E-state index contributed by atoms with van der Waals surface area (Å²) in [6.45, 7) is 1.70. The van der Waals surface area contributed by atoms with E-state index in [1.165, 1.54) is 24.4 Å². The zero-order chi connectivity index (χ0) is 19.8. The average Bonchev–Trinajstić information content (AvgIpc) is 2.64. The van der Waals surface area contributed by atoms with Gasteiger partial charge < -0.3 is 14.6 Å². The Hall–Kier alpha value is -3.14. The molecule has 0 unspecified atom stereocenters. The van der Waals surface area contributed by atoms with Gasteiger partial charge in [-0.3, -0.25) is 14.9 Å². The van der Waals surface area contributed by atoms with Gasteiger partial charge in [0.15, 0.2) is 23.9 Å². The van der Waals surface area contributed by atoms with Crippen molar-refractivity contribution in [1.29, 1.82) is 0 Å². The van der Waals surface area contributed by atoms with E-state index in [-0.39, 0.29) is 22.9 Å². The number of phenols is 1. The van der Waals surface area contributed by atoms with Crippen LogP contribution in [0.15, 0.2) is 46.0 Å². The largest absolute Gasteiger partial charge is 0.504 e. The number of nitro groups is 1. The molecule has 2 rings (SSSR count). The van der Waals surface area contributed by atoms with Gasteiger partial charge in [-0.05, 0) is 25.1 Å². The standard InChI is InChI=1S/C17H16BrN3O6/c1-2-26-15-8-12(18)7-11(17(15)23)9-19-20-16(22)10-27-14-6-4-3-5-13(14)21(24)25/h3-9,23H,2,10H2,1H3,(H,20,22)/b19-9-. The summed E-state index contributed by atoms with van der Waals surface area (Å²) >= 11 is 3.29. The Labute approximate surface area is 162 Å². The van der Waals surface area contributed by atoms with Crippen LogP contribution < -0.4 is 14.9 Å². The Morgan fingerprint density at radius 2 is 2.07 bits per heavy atom.